The summed E-state index contributed by atoms with van der Waals surface area (Å²) in [6, 6.07) is 0. The van der Waals surface area contributed by atoms with Crippen LogP contribution in [-0.4, -0.2) is 116 Å². The van der Waals surface area contributed by atoms with E-state index in [4.69, 9.17) is 14.2 Å². The highest BCUT2D eigenvalue weighted by Crippen LogP contribution is 2.30. The summed E-state index contributed by atoms with van der Waals surface area (Å²) >= 11 is 0. The van der Waals surface area contributed by atoms with Gasteiger partial charge in [0.15, 0.2) is 6.29 Å². The first-order valence-electron chi connectivity index (χ1n) is 11.8. The van der Waals surface area contributed by atoms with Gasteiger partial charge in [0.1, 0.15) is 54.6 Å². The van der Waals surface area contributed by atoms with Gasteiger partial charge < -0.3 is 50.0 Å². The normalized spacial score (nSPS) is 39.5. The zero-order valence-corrected chi connectivity index (χ0v) is 19.1. The van der Waals surface area contributed by atoms with Gasteiger partial charge in [-0.25, -0.2) is 0 Å². The molecule has 0 aliphatic carbocycles. The molecule has 0 amide bonds. The maximum Gasteiger partial charge on any atom is 0.187 e. The van der Waals surface area contributed by atoms with Crippen LogP contribution >= 0.6 is 0 Å². The molecule has 2 saturated heterocycles. The Morgan fingerprint density at radius 3 is 1.97 bits per heavy atom. The molecule has 0 radical (unpaired) electrons. The molecule has 2 aliphatic rings. The molecule has 7 N–H and O–H groups in total. The minimum atomic E-state index is -1.72. The van der Waals surface area contributed by atoms with Gasteiger partial charge in [-0.15, -0.1) is 0 Å². The number of hydrogen-bond acceptors (Lipinski definition) is 11. The van der Waals surface area contributed by atoms with Crippen LogP contribution in [0.2, 0.25) is 0 Å². The highest BCUT2D eigenvalue weighted by atomic mass is 16.7. The fraction of sp³-hybridized carbons (Fsp3) is 0.955. The molecule has 2 heterocycles. The lowest BCUT2D eigenvalue weighted by atomic mass is 9.91. The van der Waals surface area contributed by atoms with Gasteiger partial charge in [0.25, 0.3) is 0 Å². The number of ketones is 1. The number of Topliss-reactive ketones (excluding diaryl/α,β-unsaturated/α-hetero) is 1. The Bertz CT molecular complexity index is 573. The monoisotopic (exact) mass is 480 g/mol. The lowest BCUT2D eigenvalue weighted by Crippen LogP contribution is -2.64. The Morgan fingerprint density at radius 1 is 0.727 bits per heavy atom. The van der Waals surface area contributed by atoms with Gasteiger partial charge in [0.05, 0.1) is 19.3 Å². The van der Waals surface area contributed by atoms with E-state index >= 15 is 0 Å². The minimum absolute atomic E-state index is 0.119. The van der Waals surface area contributed by atoms with Crippen LogP contribution in [-0.2, 0) is 19.0 Å². The van der Waals surface area contributed by atoms with Gasteiger partial charge in [-0.05, 0) is 6.42 Å². The van der Waals surface area contributed by atoms with Crippen LogP contribution in [0.4, 0.5) is 0 Å². The summed E-state index contributed by atoms with van der Waals surface area (Å²) in [6.07, 6.45) is -8.04. The SMILES string of the molecule is CCCCCCCCC(=O)C[C@H]1O[C@H](CO)[C@@H](O[C@@H]2O[C@H](CO)[C@@H](O)[C@H](O)[C@H]2O)[C@H](O)[C@H]1O. The van der Waals surface area contributed by atoms with Crippen molar-refractivity contribution in [3.05, 3.63) is 0 Å². The van der Waals surface area contributed by atoms with E-state index in [0.29, 0.717) is 6.42 Å². The molecule has 0 unspecified atom stereocenters. The summed E-state index contributed by atoms with van der Waals surface area (Å²) in [6.45, 7) is 0.851. The van der Waals surface area contributed by atoms with E-state index in [1.807, 2.05) is 0 Å². The number of aliphatic hydroxyl groups is 7. The third kappa shape index (κ3) is 7.63. The van der Waals surface area contributed by atoms with Crippen molar-refractivity contribution >= 4 is 5.78 Å². The zero-order chi connectivity index (χ0) is 24.5. The molecule has 0 aromatic rings. The predicted octanol–water partition coefficient (Wildman–Crippen LogP) is -1.64. The molecule has 0 aromatic heterocycles. The van der Waals surface area contributed by atoms with Crippen LogP contribution in [0.5, 0.6) is 0 Å². The largest absolute Gasteiger partial charge is 0.394 e. The summed E-state index contributed by atoms with van der Waals surface area (Å²) < 4.78 is 16.4. The summed E-state index contributed by atoms with van der Waals surface area (Å²) in [7, 11) is 0. The van der Waals surface area contributed by atoms with Crippen LogP contribution in [0.15, 0.2) is 0 Å². The number of hydrogen-bond donors (Lipinski definition) is 7. The van der Waals surface area contributed by atoms with Crippen molar-refractivity contribution in [1.82, 2.24) is 0 Å². The summed E-state index contributed by atoms with van der Waals surface area (Å²) in [5.74, 6) is -0.119. The predicted molar refractivity (Wildman–Crippen MR) is 114 cm³/mol. The summed E-state index contributed by atoms with van der Waals surface area (Å²) in [5.41, 5.74) is 0. The molecule has 0 bridgehead atoms. The van der Waals surface area contributed by atoms with Crippen molar-refractivity contribution < 1.29 is 54.8 Å². The van der Waals surface area contributed by atoms with E-state index < -0.39 is 74.4 Å². The lowest BCUT2D eigenvalue weighted by Gasteiger charge is -2.46. The molecule has 194 valence electrons. The van der Waals surface area contributed by atoms with Gasteiger partial charge in [-0.1, -0.05) is 39.0 Å². The summed E-state index contributed by atoms with van der Waals surface area (Å²) in [5, 5.41) is 70.1. The van der Waals surface area contributed by atoms with Crippen molar-refractivity contribution in [2.75, 3.05) is 13.2 Å². The van der Waals surface area contributed by atoms with Crippen LogP contribution in [0.25, 0.3) is 0 Å². The van der Waals surface area contributed by atoms with Crippen LogP contribution in [0, 0.1) is 0 Å². The topological polar surface area (TPSA) is 186 Å². The van der Waals surface area contributed by atoms with E-state index in [0.717, 1.165) is 32.1 Å². The first kappa shape index (κ1) is 28.5. The third-order valence-electron chi connectivity index (χ3n) is 6.34. The Hall–Kier alpha value is -0.730. The second-order valence-electron chi connectivity index (χ2n) is 8.94. The first-order chi connectivity index (χ1) is 15.7. The molecule has 33 heavy (non-hydrogen) atoms. The van der Waals surface area contributed by atoms with E-state index in [9.17, 15) is 40.5 Å². The summed E-state index contributed by atoms with van der Waals surface area (Å²) in [4.78, 5) is 12.3. The maximum atomic E-state index is 12.3. The molecule has 0 spiro atoms. The molecule has 2 rings (SSSR count). The van der Waals surface area contributed by atoms with Crippen LogP contribution < -0.4 is 0 Å². The highest BCUT2D eigenvalue weighted by Gasteiger charge is 2.50. The van der Waals surface area contributed by atoms with Crippen molar-refractivity contribution in [1.29, 1.82) is 0 Å². The van der Waals surface area contributed by atoms with Crippen LogP contribution in [0.1, 0.15) is 58.3 Å². The van der Waals surface area contributed by atoms with Gasteiger partial charge in [-0.2, -0.15) is 0 Å². The first-order valence-corrected chi connectivity index (χ1v) is 11.8. The molecule has 2 aliphatic heterocycles. The maximum absolute atomic E-state index is 12.3. The highest BCUT2D eigenvalue weighted by molar-refractivity contribution is 5.78. The second kappa shape index (κ2) is 14.0. The molecular weight excluding hydrogens is 440 g/mol. The Kier molecular flexibility index (Phi) is 12.1. The lowest BCUT2D eigenvalue weighted by molar-refractivity contribution is -0.341. The second-order valence-corrected chi connectivity index (χ2v) is 8.94. The average molecular weight is 481 g/mol. The smallest absolute Gasteiger partial charge is 0.187 e. The van der Waals surface area contributed by atoms with Crippen molar-refractivity contribution in [2.24, 2.45) is 0 Å². The standard InChI is InChI=1S/C22H40O11/c1-2-3-4-5-6-7-8-12(25)9-13-16(26)19(29)21(15(11-24)31-13)33-22-20(30)18(28)17(27)14(10-23)32-22/h13-24,26-30H,2-11H2,1H3/t13-,14-,15-,16+,17-,18+,19-,20-,21-,22+/m1/s1. The number of ether oxygens (including phenoxy) is 3. The number of aliphatic hydroxyl groups excluding tert-OH is 7. The van der Waals surface area contributed by atoms with Crippen molar-refractivity contribution in [3.8, 4) is 0 Å². The Balaban J connectivity index is 1.92. The molecule has 11 nitrogen and oxygen atoms in total. The average Bonchev–Trinajstić information content (AvgIpc) is 2.80. The fourth-order valence-electron chi connectivity index (χ4n) is 4.26. The number of unbranched alkanes of at least 4 members (excludes halogenated alkanes) is 5. The van der Waals surface area contributed by atoms with E-state index in [-0.39, 0.29) is 12.2 Å². The van der Waals surface area contributed by atoms with Gasteiger partial charge >= 0.3 is 0 Å². The Labute approximate surface area is 193 Å². The quantitative estimate of drug-likeness (QED) is 0.150. The number of rotatable bonds is 13. The molecule has 11 heteroatoms. The number of carbonyl (C=O) groups is 1. The van der Waals surface area contributed by atoms with Gasteiger partial charge in [0, 0.05) is 12.8 Å². The fourth-order valence-corrected chi connectivity index (χ4v) is 4.26. The van der Waals surface area contributed by atoms with E-state index in [1.165, 1.54) is 6.42 Å². The molecule has 0 aromatic carbocycles. The Morgan fingerprint density at radius 2 is 1.33 bits per heavy atom. The van der Waals surface area contributed by atoms with E-state index in [2.05, 4.69) is 6.92 Å². The van der Waals surface area contributed by atoms with Gasteiger partial charge in [0.2, 0.25) is 0 Å². The molecule has 0 saturated carbocycles. The zero-order valence-electron chi connectivity index (χ0n) is 19.1. The van der Waals surface area contributed by atoms with Crippen molar-refractivity contribution in [2.45, 2.75) is 120 Å². The van der Waals surface area contributed by atoms with Crippen molar-refractivity contribution in [3.63, 3.8) is 0 Å². The van der Waals surface area contributed by atoms with Crippen LogP contribution in [0.3, 0.4) is 0 Å². The minimum Gasteiger partial charge on any atom is -0.394 e. The third-order valence-corrected chi connectivity index (χ3v) is 6.34. The van der Waals surface area contributed by atoms with Gasteiger partial charge in [-0.3, -0.25) is 4.79 Å². The number of carbonyl (C=O) groups excluding carboxylic acids is 1. The molecule has 10 atom stereocenters. The molecule has 2 fully saturated rings. The van der Waals surface area contributed by atoms with E-state index in [1.54, 1.807) is 0 Å². The molecular formula is C22H40O11.